The number of ketones is 1. The first kappa shape index (κ1) is 35.0. The number of hydrogen-bond acceptors (Lipinski definition) is 10. The molecule has 2 aliphatic rings. The zero-order valence-corrected chi connectivity index (χ0v) is 27.2. The van der Waals surface area contributed by atoms with E-state index in [1.807, 2.05) is 54.6 Å². The third kappa shape index (κ3) is 9.80. The van der Waals surface area contributed by atoms with E-state index in [0.717, 1.165) is 80.8 Å². The summed E-state index contributed by atoms with van der Waals surface area (Å²) in [5.74, 6) is -1.17. The van der Waals surface area contributed by atoms with Gasteiger partial charge in [-0.3, -0.25) is 19.3 Å². The number of rotatable bonds is 7. The summed E-state index contributed by atoms with van der Waals surface area (Å²) >= 11 is 0. The van der Waals surface area contributed by atoms with Crippen molar-refractivity contribution in [2.75, 3.05) is 50.8 Å². The van der Waals surface area contributed by atoms with Gasteiger partial charge in [-0.15, -0.1) is 0 Å². The molecule has 1 saturated heterocycles. The lowest BCUT2D eigenvalue weighted by Gasteiger charge is -2.41. The molecule has 4 aromatic rings. The summed E-state index contributed by atoms with van der Waals surface area (Å²) in [6.07, 6.45) is 6.04. The van der Waals surface area contributed by atoms with E-state index < -0.39 is 11.9 Å². The van der Waals surface area contributed by atoms with Crippen LogP contribution >= 0.6 is 0 Å². The number of carbonyl (C=O) groups excluding carboxylic acids is 1. The molecule has 0 unspecified atom stereocenters. The number of aliphatic carboxylic acids is 2. The second-order valence-corrected chi connectivity index (χ2v) is 11.8. The molecule has 0 atom stereocenters. The van der Waals surface area contributed by atoms with Crippen LogP contribution in [0.3, 0.4) is 0 Å². The van der Waals surface area contributed by atoms with Gasteiger partial charge in [0.2, 0.25) is 0 Å². The molecule has 0 radical (unpaired) electrons. The van der Waals surface area contributed by atoms with E-state index in [1.165, 1.54) is 19.2 Å². The molecular weight excluding hydrogens is 600 g/mol. The number of nitrogen functional groups attached to an aromatic ring is 1. The molecule has 250 valence electrons. The molecule has 0 amide bonds. The number of aromatic nitrogens is 4. The number of fused-ring (bicyclic) bond motifs is 1. The first-order valence-corrected chi connectivity index (χ1v) is 15.8. The van der Waals surface area contributed by atoms with Crippen molar-refractivity contribution in [1.29, 1.82) is 0 Å². The van der Waals surface area contributed by atoms with E-state index in [0.29, 0.717) is 23.5 Å². The van der Waals surface area contributed by atoms with Crippen molar-refractivity contribution in [2.24, 2.45) is 0 Å². The maximum Gasteiger partial charge on any atom is 0.300 e. The van der Waals surface area contributed by atoms with Crippen LogP contribution in [-0.2, 0) is 9.59 Å². The quantitative estimate of drug-likeness (QED) is 0.210. The van der Waals surface area contributed by atoms with Gasteiger partial charge in [0.05, 0.1) is 18.0 Å². The predicted molar refractivity (Wildman–Crippen MR) is 181 cm³/mol. The van der Waals surface area contributed by atoms with E-state index in [-0.39, 0.29) is 12.3 Å². The summed E-state index contributed by atoms with van der Waals surface area (Å²) in [5.41, 5.74) is 10.5. The molecule has 0 bridgehead atoms. The largest absolute Gasteiger partial charge is 0.481 e. The van der Waals surface area contributed by atoms with Crippen LogP contribution in [-0.4, -0.2) is 103 Å². The Morgan fingerprint density at radius 1 is 0.851 bits per heavy atom. The molecule has 1 aliphatic heterocycles. The van der Waals surface area contributed by atoms with Gasteiger partial charge in [0.25, 0.3) is 11.9 Å². The van der Waals surface area contributed by atoms with Crippen molar-refractivity contribution in [1.82, 2.24) is 29.5 Å². The molecule has 6 rings (SSSR count). The van der Waals surface area contributed by atoms with E-state index in [4.69, 9.17) is 30.6 Å². The summed E-state index contributed by atoms with van der Waals surface area (Å²) in [4.78, 5) is 44.4. The fourth-order valence-corrected chi connectivity index (χ4v) is 5.96. The number of benzene rings is 2. The Morgan fingerprint density at radius 3 is 2.02 bits per heavy atom. The van der Waals surface area contributed by atoms with Crippen molar-refractivity contribution in [3.63, 3.8) is 0 Å². The summed E-state index contributed by atoms with van der Waals surface area (Å²) in [6.45, 7) is 7.03. The van der Waals surface area contributed by atoms with Crippen LogP contribution in [0.25, 0.3) is 22.3 Å². The van der Waals surface area contributed by atoms with Crippen LogP contribution in [0, 0.1) is 0 Å². The number of hydrogen-bond donors (Lipinski definition) is 4. The number of carboxylic acid groups (broad SMARTS) is 2. The van der Waals surface area contributed by atoms with Crippen molar-refractivity contribution >= 4 is 40.3 Å². The molecule has 2 aromatic carbocycles. The number of Topliss-reactive ketones (excluding diaryl/α,β-unsaturated/α-hetero) is 1. The van der Waals surface area contributed by atoms with Gasteiger partial charge >= 0.3 is 0 Å². The second kappa shape index (κ2) is 16.6. The van der Waals surface area contributed by atoms with E-state index >= 15 is 0 Å². The van der Waals surface area contributed by atoms with Crippen molar-refractivity contribution in [3.8, 4) is 11.3 Å². The van der Waals surface area contributed by atoms with Crippen LogP contribution in [0.4, 0.5) is 11.5 Å². The molecule has 1 saturated carbocycles. The molecule has 3 heterocycles. The topological polar surface area (TPSA) is 180 Å². The number of carboxylic acids is 2. The number of piperazine rings is 1. The van der Waals surface area contributed by atoms with Gasteiger partial charge < -0.3 is 26.2 Å². The highest BCUT2D eigenvalue weighted by Gasteiger charge is 2.30. The molecular formula is C34H44N8O5. The lowest BCUT2D eigenvalue weighted by Crippen LogP contribution is -2.49. The lowest BCUT2D eigenvalue weighted by molar-refractivity contribution is -0.135. The maximum atomic E-state index is 12.5. The van der Waals surface area contributed by atoms with E-state index in [2.05, 4.69) is 36.8 Å². The van der Waals surface area contributed by atoms with Gasteiger partial charge in [0.1, 0.15) is 17.8 Å². The smallest absolute Gasteiger partial charge is 0.300 e. The Hall–Kier alpha value is -4.88. The molecule has 1 aliphatic carbocycles. The minimum Gasteiger partial charge on any atom is -0.481 e. The zero-order chi connectivity index (χ0) is 33.9. The van der Waals surface area contributed by atoms with Gasteiger partial charge in [-0.2, -0.15) is 5.10 Å². The summed E-state index contributed by atoms with van der Waals surface area (Å²) in [7, 11) is 2.21. The number of nitrogens with one attached hydrogen (secondary N) is 1. The Labute approximate surface area is 274 Å². The molecule has 2 fully saturated rings. The zero-order valence-electron chi connectivity index (χ0n) is 27.2. The fourth-order valence-electron chi connectivity index (χ4n) is 5.96. The van der Waals surface area contributed by atoms with Crippen molar-refractivity contribution in [3.05, 3.63) is 66.5 Å². The van der Waals surface area contributed by atoms with Gasteiger partial charge in [-0.05, 0) is 44.9 Å². The molecule has 13 heteroatoms. The highest BCUT2D eigenvalue weighted by Crippen LogP contribution is 2.37. The molecule has 13 nitrogen and oxygen atoms in total. The number of likely N-dealkylation sites (N-methyl/N-ethyl adjacent to an activating group) is 1. The summed E-state index contributed by atoms with van der Waals surface area (Å²) in [6, 6.07) is 18.2. The Morgan fingerprint density at radius 2 is 1.43 bits per heavy atom. The van der Waals surface area contributed by atoms with E-state index in [1.54, 1.807) is 0 Å². The Balaban J connectivity index is 0.000000564. The highest BCUT2D eigenvalue weighted by atomic mass is 16.4. The second-order valence-electron chi connectivity index (χ2n) is 11.8. The van der Waals surface area contributed by atoms with Crippen LogP contribution in [0.15, 0.2) is 60.9 Å². The highest BCUT2D eigenvalue weighted by molar-refractivity contribution is 5.99. The third-order valence-electron chi connectivity index (χ3n) is 8.29. The van der Waals surface area contributed by atoms with Gasteiger partial charge in [0, 0.05) is 62.9 Å². The van der Waals surface area contributed by atoms with Gasteiger partial charge in [-0.25, -0.2) is 14.6 Å². The normalized spacial score (nSPS) is 18.3. The molecule has 2 aromatic heterocycles. The first-order chi connectivity index (χ1) is 22.5. The maximum absolute atomic E-state index is 12.5. The number of carbonyl (C=O) groups is 3. The fraction of sp³-hybridized carbons (Fsp3) is 0.412. The minimum atomic E-state index is -0.833. The lowest BCUT2D eigenvalue weighted by atomic mass is 9.90. The average Bonchev–Trinajstić information content (AvgIpc) is 3.45. The summed E-state index contributed by atoms with van der Waals surface area (Å²) in [5, 5.41) is 23.9. The molecule has 47 heavy (non-hydrogen) atoms. The monoisotopic (exact) mass is 644 g/mol. The first-order valence-electron chi connectivity index (χ1n) is 15.8. The van der Waals surface area contributed by atoms with Crippen molar-refractivity contribution < 1.29 is 24.6 Å². The average molecular weight is 645 g/mol. The number of anilines is 2. The van der Waals surface area contributed by atoms with Gasteiger partial charge in [-0.1, -0.05) is 42.5 Å². The van der Waals surface area contributed by atoms with Crippen molar-refractivity contribution in [2.45, 2.75) is 51.6 Å². The molecule has 5 N–H and O–H groups in total. The van der Waals surface area contributed by atoms with Crippen LogP contribution < -0.4 is 11.1 Å². The summed E-state index contributed by atoms with van der Waals surface area (Å²) < 4.78 is 2.09. The van der Waals surface area contributed by atoms with Crippen LogP contribution in [0.2, 0.25) is 0 Å². The van der Waals surface area contributed by atoms with E-state index in [9.17, 15) is 4.79 Å². The van der Waals surface area contributed by atoms with Crippen LogP contribution in [0.5, 0.6) is 0 Å². The predicted octanol–water partition coefficient (Wildman–Crippen LogP) is 4.28. The van der Waals surface area contributed by atoms with Crippen LogP contribution in [0.1, 0.15) is 55.9 Å². The third-order valence-corrected chi connectivity index (χ3v) is 8.29. The SMILES string of the molecule is CC(=O)O.CC(=O)O.CN1CCN(C2CCC(n3nc(-c4ccc(NCC(=O)c5ccccc5)cc4)c4c(N)ncnc43)CC2)CC1. The minimum absolute atomic E-state index is 0.0525. The Kier molecular flexibility index (Phi) is 12.4. The standard InChI is InChI=1S/C30H36N8O.2C2H4O2/c1-36-15-17-37(18-16-36)24-11-13-25(14-12-24)38-30-27(29(31)33-20-34-30)28(35-38)22-7-9-23(10-8-22)32-19-26(39)21-5-3-2-4-6-21;2*1-2(3)4/h2-10,20,24-25,32H,11-19H2,1H3,(H2,31,33,34);2*1H3,(H,3,4). The Bertz CT molecular complexity index is 1610. The molecule has 0 spiro atoms. The van der Waals surface area contributed by atoms with Gasteiger partial charge in [0.15, 0.2) is 11.4 Å². The number of nitrogens with zero attached hydrogens (tertiary/aromatic N) is 6. The number of nitrogens with two attached hydrogens (primary N) is 1.